The topological polar surface area (TPSA) is 72.0 Å². The van der Waals surface area contributed by atoms with Gasteiger partial charge in [-0.05, 0) is 29.0 Å². The minimum atomic E-state index is 0.534. The van der Waals surface area contributed by atoms with Crippen molar-refractivity contribution < 1.29 is 0 Å². The molecule has 0 amide bonds. The van der Waals surface area contributed by atoms with E-state index in [-0.39, 0.29) is 0 Å². The molecular formula is C24H30N6S. The number of aromatic nitrogens is 3. The highest BCUT2D eigenvalue weighted by molar-refractivity contribution is 7.18. The number of nitrogen functional groups attached to an aromatic ring is 1. The van der Waals surface area contributed by atoms with E-state index < -0.39 is 0 Å². The lowest BCUT2D eigenvalue weighted by Crippen LogP contribution is -2.43. The number of thiophene rings is 1. The normalized spacial score (nSPS) is 15.3. The highest BCUT2D eigenvalue weighted by Gasteiger charge is 2.19. The van der Waals surface area contributed by atoms with Crippen molar-refractivity contribution in [2.24, 2.45) is 0 Å². The Hall–Kier alpha value is -2.48. The van der Waals surface area contributed by atoms with Crippen LogP contribution < -0.4 is 11.1 Å². The second-order valence-electron chi connectivity index (χ2n) is 8.34. The summed E-state index contributed by atoms with van der Waals surface area (Å²) in [6, 6.07) is 10.9. The summed E-state index contributed by atoms with van der Waals surface area (Å²) in [6.07, 6.45) is 3.22. The van der Waals surface area contributed by atoms with Gasteiger partial charge in [0.25, 0.3) is 0 Å². The van der Waals surface area contributed by atoms with Gasteiger partial charge in [0, 0.05) is 45.7 Å². The predicted molar refractivity (Wildman–Crippen MR) is 130 cm³/mol. The second-order valence-corrected chi connectivity index (χ2v) is 9.26. The highest BCUT2D eigenvalue weighted by Crippen LogP contribution is 2.33. The fourth-order valence-corrected chi connectivity index (χ4v) is 5.39. The van der Waals surface area contributed by atoms with Crippen molar-refractivity contribution in [3.63, 3.8) is 0 Å². The van der Waals surface area contributed by atoms with Gasteiger partial charge < -0.3 is 15.6 Å². The van der Waals surface area contributed by atoms with Gasteiger partial charge in [0.1, 0.15) is 11.3 Å². The van der Waals surface area contributed by atoms with E-state index >= 15 is 0 Å². The van der Waals surface area contributed by atoms with Gasteiger partial charge >= 0.3 is 0 Å². The second kappa shape index (κ2) is 8.94. The van der Waals surface area contributed by atoms with Crippen LogP contribution in [-0.2, 0) is 19.5 Å². The molecule has 1 aliphatic heterocycles. The number of piperazine rings is 1. The minimum Gasteiger partial charge on any atom is -0.382 e. The van der Waals surface area contributed by atoms with Crippen molar-refractivity contribution in [1.82, 2.24) is 24.8 Å². The molecule has 3 N–H and O–H groups in total. The van der Waals surface area contributed by atoms with Crippen LogP contribution in [0.1, 0.15) is 36.7 Å². The van der Waals surface area contributed by atoms with Gasteiger partial charge in [-0.1, -0.05) is 37.6 Å². The highest BCUT2D eigenvalue weighted by atomic mass is 32.1. The smallest absolute Gasteiger partial charge is 0.152 e. The third-order valence-corrected chi connectivity index (χ3v) is 7.10. The number of nitrogens with zero attached hydrogens (tertiary/aromatic N) is 4. The molecule has 1 aromatic carbocycles. The van der Waals surface area contributed by atoms with Gasteiger partial charge in [-0.2, -0.15) is 0 Å². The number of aryl methyl sites for hydroxylation is 1. The van der Waals surface area contributed by atoms with Crippen LogP contribution in [0.2, 0.25) is 0 Å². The maximum Gasteiger partial charge on any atom is 0.152 e. The number of imidazole rings is 1. The zero-order valence-corrected chi connectivity index (χ0v) is 18.9. The number of anilines is 1. The molecule has 0 spiro atoms. The molecule has 1 aliphatic rings. The maximum absolute atomic E-state index is 6.34. The third-order valence-electron chi connectivity index (χ3n) is 6.19. The maximum atomic E-state index is 6.34. The monoisotopic (exact) mass is 434 g/mol. The van der Waals surface area contributed by atoms with E-state index in [4.69, 9.17) is 10.7 Å². The fraction of sp³-hybridized carbons (Fsp3) is 0.417. The Morgan fingerprint density at radius 3 is 2.61 bits per heavy atom. The number of hydrogen-bond acceptors (Lipinski definition) is 6. The van der Waals surface area contributed by atoms with Crippen molar-refractivity contribution in [2.45, 2.75) is 39.3 Å². The van der Waals surface area contributed by atoms with E-state index in [9.17, 15) is 0 Å². The molecule has 0 saturated carbocycles. The van der Waals surface area contributed by atoms with E-state index in [1.165, 1.54) is 15.8 Å². The zero-order valence-electron chi connectivity index (χ0n) is 18.1. The molecule has 0 radical (unpaired) electrons. The number of fused-ring (bicyclic) bond motifs is 3. The van der Waals surface area contributed by atoms with E-state index in [1.807, 2.05) is 0 Å². The minimum absolute atomic E-state index is 0.534. The summed E-state index contributed by atoms with van der Waals surface area (Å²) < 4.78 is 3.58. The Morgan fingerprint density at radius 1 is 1.06 bits per heavy atom. The first-order chi connectivity index (χ1) is 15.2. The average molecular weight is 435 g/mol. The zero-order chi connectivity index (χ0) is 21.2. The molecule has 162 valence electrons. The lowest BCUT2D eigenvalue weighted by Gasteiger charge is -2.28. The average Bonchev–Trinajstić information content (AvgIpc) is 3.39. The Labute approximate surface area is 187 Å². The van der Waals surface area contributed by atoms with Crippen molar-refractivity contribution in [1.29, 1.82) is 0 Å². The summed E-state index contributed by atoms with van der Waals surface area (Å²) in [5.74, 6) is 1.65. The van der Waals surface area contributed by atoms with Gasteiger partial charge in [-0.3, -0.25) is 4.90 Å². The number of nitrogens with one attached hydrogen (secondary N) is 1. The first kappa shape index (κ1) is 20.4. The largest absolute Gasteiger partial charge is 0.382 e. The van der Waals surface area contributed by atoms with Gasteiger partial charge in [-0.15, -0.1) is 11.3 Å². The van der Waals surface area contributed by atoms with Crippen molar-refractivity contribution in [3.8, 4) is 0 Å². The number of benzene rings is 1. The molecule has 0 atom stereocenters. The van der Waals surface area contributed by atoms with E-state index in [0.717, 1.165) is 80.9 Å². The summed E-state index contributed by atoms with van der Waals surface area (Å²) in [5, 5.41) is 5.54. The summed E-state index contributed by atoms with van der Waals surface area (Å²) in [6.45, 7) is 8.37. The molecule has 0 unspecified atom stereocenters. The molecule has 1 saturated heterocycles. The van der Waals surface area contributed by atoms with E-state index in [2.05, 4.69) is 62.4 Å². The number of nitrogens with two attached hydrogens (primary N) is 1. The van der Waals surface area contributed by atoms with Gasteiger partial charge in [0.05, 0.1) is 15.7 Å². The SMILES string of the molecule is CCCCc1nc2c(N)nc3ccsc3c2n1Cc1ccccc1CN1CCNCC1. The molecule has 3 aromatic heterocycles. The summed E-state index contributed by atoms with van der Waals surface area (Å²) in [5.41, 5.74) is 12.1. The Morgan fingerprint density at radius 2 is 1.84 bits per heavy atom. The molecule has 4 aromatic rings. The standard InChI is InChI=1S/C24H30N6S/c1-2-3-8-20-28-21-22(23-19(9-14-31-23)27-24(21)25)30(20)16-18-7-5-4-6-17(18)15-29-12-10-26-11-13-29/h4-7,9,14,26H,2-3,8,10-13,15-16H2,1H3,(H2,25,27). The Kier molecular flexibility index (Phi) is 5.89. The number of hydrogen-bond donors (Lipinski definition) is 2. The van der Waals surface area contributed by atoms with Gasteiger partial charge in [0.15, 0.2) is 5.82 Å². The summed E-state index contributed by atoms with van der Waals surface area (Å²) >= 11 is 1.73. The van der Waals surface area contributed by atoms with Crippen molar-refractivity contribution >= 4 is 38.4 Å². The van der Waals surface area contributed by atoms with Gasteiger partial charge in [-0.25, -0.2) is 9.97 Å². The quantitative estimate of drug-likeness (QED) is 0.460. The molecule has 1 fully saturated rings. The number of unbranched alkanes of at least 4 members (excludes halogenated alkanes) is 1. The first-order valence-electron chi connectivity index (χ1n) is 11.3. The van der Waals surface area contributed by atoms with Crippen LogP contribution in [0.3, 0.4) is 0 Å². The molecule has 0 aliphatic carbocycles. The third kappa shape index (κ3) is 4.05. The lowest BCUT2D eigenvalue weighted by atomic mass is 10.1. The first-order valence-corrected chi connectivity index (χ1v) is 12.1. The van der Waals surface area contributed by atoms with Crippen LogP contribution in [0, 0.1) is 0 Å². The van der Waals surface area contributed by atoms with E-state index in [0.29, 0.717) is 5.82 Å². The molecule has 6 nitrogen and oxygen atoms in total. The van der Waals surface area contributed by atoms with Crippen LogP contribution in [-0.4, -0.2) is 45.6 Å². The van der Waals surface area contributed by atoms with Crippen LogP contribution in [0.5, 0.6) is 0 Å². The van der Waals surface area contributed by atoms with E-state index in [1.54, 1.807) is 11.3 Å². The lowest BCUT2D eigenvalue weighted by molar-refractivity contribution is 0.232. The van der Waals surface area contributed by atoms with Crippen LogP contribution in [0.15, 0.2) is 35.7 Å². The molecule has 31 heavy (non-hydrogen) atoms. The predicted octanol–water partition coefficient (Wildman–Crippen LogP) is 4.02. The fourth-order valence-electron chi connectivity index (χ4n) is 4.50. The Bertz CT molecular complexity index is 1190. The van der Waals surface area contributed by atoms with Crippen molar-refractivity contribution in [2.75, 3.05) is 31.9 Å². The molecule has 0 bridgehead atoms. The van der Waals surface area contributed by atoms with Crippen molar-refractivity contribution in [3.05, 3.63) is 52.7 Å². The molecule has 4 heterocycles. The van der Waals surface area contributed by atoms with Crippen LogP contribution in [0.25, 0.3) is 21.3 Å². The van der Waals surface area contributed by atoms with Crippen LogP contribution >= 0.6 is 11.3 Å². The number of pyridine rings is 1. The van der Waals surface area contributed by atoms with Crippen LogP contribution in [0.4, 0.5) is 5.82 Å². The number of rotatable bonds is 7. The summed E-state index contributed by atoms with van der Waals surface area (Å²) in [4.78, 5) is 12.1. The Balaban J connectivity index is 1.58. The van der Waals surface area contributed by atoms with Gasteiger partial charge in [0.2, 0.25) is 0 Å². The molecular weight excluding hydrogens is 404 g/mol. The molecule has 5 rings (SSSR count). The summed E-state index contributed by atoms with van der Waals surface area (Å²) in [7, 11) is 0. The molecule has 7 heteroatoms.